The Morgan fingerprint density at radius 1 is 1.25 bits per heavy atom. The molecule has 1 heterocycles. The van der Waals surface area contributed by atoms with Crippen molar-refractivity contribution in [1.82, 2.24) is 9.13 Å². The molecule has 2 aromatic rings. The zero-order valence-corrected chi connectivity index (χ0v) is 14.8. The van der Waals surface area contributed by atoms with Gasteiger partial charge in [0.1, 0.15) is 0 Å². The van der Waals surface area contributed by atoms with E-state index >= 15 is 0 Å². The number of carbonyl (C=O) groups excluding carboxylic acids is 1. The van der Waals surface area contributed by atoms with Crippen LogP contribution in [-0.4, -0.2) is 43.9 Å². The standard InChI is InChI=1S/C19H18F2N2O5/c1-11-9-22(13-7-8-19(20,21)15(13)14(25)10-24)18(28)23(16(11)26)17(27)12-5-3-2-4-6-12/h2-9,13-15,24-25H,10H2,1H3/t13-,14-,15+/m1/s1. The Morgan fingerprint density at radius 3 is 2.50 bits per heavy atom. The summed E-state index contributed by atoms with van der Waals surface area (Å²) in [6, 6.07) is 6.26. The first-order valence-electron chi connectivity index (χ1n) is 8.49. The van der Waals surface area contributed by atoms with E-state index in [9.17, 15) is 28.3 Å². The number of rotatable bonds is 4. The minimum Gasteiger partial charge on any atom is -0.394 e. The molecule has 1 aliphatic rings. The average Bonchev–Trinajstić information content (AvgIpc) is 2.99. The molecule has 0 bridgehead atoms. The fourth-order valence-electron chi connectivity index (χ4n) is 3.35. The molecule has 3 rings (SSSR count). The van der Waals surface area contributed by atoms with Crippen molar-refractivity contribution < 1.29 is 23.8 Å². The van der Waals surface area contributed by atoms with Gasteiger partial charge < -0.3 is 10.2 Å². The van der Waals surface area contributed by atoms with Gasteiger partial charge in [-0.25, -0.2) is 13.6 Å². The van der Waals surface area contributed by atoms with Crippen LogP contribution < -0.4 is 11.2 Å². The van der Waals surface area contributed by atoms with Gasteiger partial charge in [-0.05, 0) is 25.1 Å². The van der Waals surface area contributed by atoms with Gasteiger partial charge >= 0.3 is 5.69 Å². The highest BCUT2D eigenvalue weighted by Gasteiger charge is 2.50. The molecule has 0 amide bonds. The van der Waals surface area contributed by atoms with Gasteiger partial charge in [0.15, 0.2) is 0 Å². The summed E-state index contributed by atoms with van der Waals surface area (Å²) in [4.78, 5) is 38.0. The molecule has 0 aliphatic heterocycles. The lowest BCUT2D eigenvalue weighted by atomic mass is 9.93. The largest absolute Gasteiger partial charge is 0.394 e. The number of alkyl halides is 2. The SMILES string of the molecule is Cc1cn([C@@H]2C=CC(F)(F)[C@@H]2[C@H](O)CO)c(=O)n(C(=O)c2ccccc2)c1=O. The summed E-state index contributed by atoms with van der Waals surface area (Å²) in [6.45, 7) is 0.413. The summed E-state index contributed by atoms with van der Waals surface area (Å²) in [5.41, 5.74) is -1.89. The lowest BCUT2D eigenvalue weighted by Gasteiger charge is -2.29. The molecule has 0 radical (unpaired) electrons. The third kappa shape index (κ3) is 3.23. The molecule has 28 heavy (non-hydrogen) atoms. The van der Waals surface area contributed by atoms with E-state index in [-0.39, 0.29) is 11.1 Å². The van der Waals surface area contributed by atoms with Crippen LogP contribution in [0.2, 0.25) is 0 Å². The van der Waals surface area contributed by atoms with Crippen molar-refractivity contribution in [2.45, 2.75) is 25.0 Å². The van der Waals surface area contributed by atoms with E-state index in [0.29, 0.717) is 10.6 Å². The van der Waals surface area contributed by atoms with Crippen molar-refractivity contribution in [3.05, 3.63) is 80.6 Å². The lowest BCUT2D eigenvalue weighted by Crippen LogP contribution is -2.48. The number of halogens is 2. The van der Waals surface area contributed by atoms with Gasteiger partial charge in [0.2, 0.25) is 0 Å². The molecule has 1 aromatic heterocycles. The fourth-order valence-corrected chi connectivity index (χ4v) is 3.35. The first kappa shape index (κ1) is 19.8. The summed E-state index contributed by atoms with van der Waals surface area (Å²) >= 11 is 0. The van der Waals surface area contributed by atoms with Crippen molar-refractivity contribution in [2.24, 2.45) is 5.92 Å². The predicted octanol–water partition coefficient (Wildman–Crippen LogP) is 0.723. The van der Waals surface area contributed by atoms with E-state index in [1.165, 1.54) is 19.1 Å². The molecule has 0 saturated heterocycles. The van der Waals surface area contributed by atoms with Crippen LogP contribution in [0.3, 0.4) is 0 Å². The zero-order chi connectivity index (χ0) is 20.6. The maximum atomic E-state index is 14.2. The molecule has 7 nitrogen and oxygen atoms in total. The highest BCUT2D eigenvalue weighted by molar-refractivity contribution is 5.95. The monoisotopic (exact) mass is 392 g/mol. The number of nitrogens with zero attached hydrogens (tertiary/aromatic N) is 2. The summed E-state index contributed by atoms with van der Waals surface area (Å²) in [6.07, 6.45) is 0.823. The van der Waals surface area contributed by atoms with Crippen molar-refractivity contribution in [3.8, 4) is 0 Å². The molecule has 3 atom stereocenters. The van der Waals surface area contributed by atoms with E-state index in [0.717, 1.165) is 16.8 Å². The van der Waals surface area contributed by atoms with Crippen molar-refractivity contribution in [2.75, 3.05) is 6.61 Å². The number of allylic oxidation sites excluding steroid dienone is 2. The summed E-state index contributed by atoms with van der Waals surface area (Å²) < 4.78 is 29.6. The molecule has 0 saturated carbocycles. The summed E-state index contributed by atoms with van der Waals surface area (Å²) in [5.74, 6) is -6.20. The molecule has 0 fully saturated rings. The maximum absolute atomic E-state index is 14.2. The third-order valence-electron chi connectivity index (χ3n) is 4.76. The highest BCUT2D eigenvalue weighted by atomic mass is 19.3. The van der Waals surface area contributed by atoms with Gasteiger partial charge in [-0.15, -0.1) is 0 Å². The van der Waals surface area contributed by atoms with Gasteiger partial charge in [0, 0.05) is 17.3 Å². The summed E-state index contributed by atoms with van der Waals surface area (Å²) in [5, 5.41) is 19.0. The highest BCUT2D eigenvalue weighted by Crippen LogP contribution is 2.43. The molecular formula is C19H18F2N2O5. The van der Waals surface area contributed by atoms with Crippen molar-refractivity contribution in [1.29, 1.82) is 0 Å². The van der Waals surface area contributed by atoms with Crippen LogP contribution >= 0.6 is 0 Å². The Morgan fingerprint density at radius 2 is 1.89 bits per heavy atom. The van der Waals surface area contributed by atoms with Crippen LogP contribution in [0.15, 0.2) is 58.3 Å². The van der Waals surface area contributed by atoms with Gasteiger partial charge in [0.25, 0.3) is 17.4 Å². The van der Waals surface area contributed by atoms with E-state index in [1.54, 1.807) is 18.2 Å². The van der Waals surface area contributed by atoms with Crippen LogP contribution in [0, 0.1) is 12.8 Å². The number of aromatic nitrogens is 2. The second kappa shape index (κ2) is 7.25. The van der Waals surface area contributed by atoms with Gasteiger partial charge in [-0.2, -0.15) is 4.57 Å². The molecular weight excluding hydrogens is 374 g/mol. The number of aryl methyl sites for hydroxylation is 1. The van der Waals surface area contributed by atoms with Crippen molar-refractivity contribution in [3.63, 3.8) is 0 Å². The topological polar surface area (TPSA) is 102 Å². The number of hydrogen-bond donors (Lipinski definition) is 2. The van der Waals surface area contributed by atoms with E-state index < -0.39 is 47.7 Å². The Kier molecular flexibility index (Phi) is 5.14. The molecule has 148 valence electrons. The van der Waals surface area contributed by atoms with Crippen molar-refractivity contribution >= 4 is 5.91 Å². The number of hydrogen-bond acceptors (Lipinski definition) is 5. The Bertz CT molecular complexity index is 1040. The number of carbonyl (C=O) groups is 1. The zero-order valence-electron chi connectivity index (χ0n) is 14.8. The third-order valence-corrected chi connectivity index (χ3v) is 4.76. The average molecular weight is 392 g/mol. The maximum Gasteiger partial charge on any atom is 0.338 e. The number of aliphatic hydroxyl groups is 2. The molecule has 2 N–H and O–H groups in total. The smallest absolute Gasteiger partial charge is 0.338 e. The lowest BCUT2D eigenvalue weighted by molar-refractivity contribution is -0.0852. The van der Waals surface area contributed by atoms with E-state index in [2.05, 4.69) is 0 Å². The van der Waals surface area contributed by atoms with Crippen LogP contribution in [0.25, 0.3) is 0 Å². The van der Waals surface area contributed by atoms with Crippen LogP contribution in [0.1, 0.15) is 22.0 Å². The Balaban J connectivity index is 2.18. The number of aliphatic hydroxyl groups excluding tert-OH is 2. The first-order chi connectivity index (χ1) is 13.2. The first-order valence-corrected chi connectivity index (χ1v) is 8.49. The Hall–Kier alpha value is -2.91. The quantitative estimate of drug-likeness (QED) is 0.747. The fraction of sp³-hybridized carbons (Fsp3) is 0.316. The second-order valence-electron chi connectivity index (χ2n) is 6.61. The second-order valence-corrected chi connectivity index (χ2v) is 6.61. The summed E-state index contributed by atoms with van der Waals surface area (Å²) in [7, 11) is 0. The van der Waals surface area contributed by atoms with Crippen LogP contribution in [0.5, 0.6) is 0 Å². The molecule has 9 heteroatoms. The number of benzene rings is 1. The molecule has 0 unspecified atom stereocenters. The minimum atomic E-state index is -3.48. The van der Waals surface area contributed by atoms with Gasteiger partial charge in [-0.3, -0.25) is 14.2 Å². The van der Waals surface area contributed by atoms with Crippen LogP contribution in [-0.2, 0) is 0 Å². The Labute approximate surface area is 157 Å². The predicted molar refractivity (Wildman–Crippen MR) is 95.6 cm³/mol. The van der Waals surface area contributed by atoms with Gasteiger partial charge in [0.05, 0.1) is 24.7 Å². The minimum absolute atomic E-state index is 0.00950. The normalized spacial score (nSPS) is 21.6. The van der Waals surface area contributed by atoms with Crippen LogP contribution in [0.4, 0.5) is 8.78 Å². The molecule has 1 aliphatic carbocycles. The molecule has 1 aromatic carbocycles. The van der Waals surface area contributed by atoms with E-state index in [1.807, 2.05) is 0 Å². The van der Waals surface area contributed by atoms with Gasteiger partial charge in [-0.1, -0.05) is 24.3 Å². The van der Waals surface area contributed by atoms with E-state index in [4.69, 9.17) is 5.11 Å². The molecule has 0 spiro atoms.